The van der Waals surface area contributed by atoms with Crippen LogP contribution in [-0.2, 0) is 0 Å². The highest BCUT2D eigenvalue weighted by Gasteiger charge is 2.48. The van der Waals surface area contributed by atoms with E-state index in [-0.39, 0.29) is 0 Å². The van der Waals surface area contributed by atoms with Crippen molar-refractivity contribution in [2.45, 2.75) is 58.2 Å². The summed E-state index contributed by atoms with van der Waals surface area (Å²) in [4.78, 5) is 8.06. The van der Waals surface area contributed by atoms with Crippen molar-refractivity contribution in [1.29, 1.82) is 0 Å². The molecule has 0 amide bonds. The summed E-state index contributed by atoms with van der Waals surface area (Å²) in [7, 11) is 0. The minimum atomic E-state index is 0.616. The smallest absolute Gasteiger partial charge is 0.0548 e. The molecule has 22 heavy (non-hydrogen) atoms. The van der Waals surface area contributed by atoms with Crippen molar-refractivity contribution in [2.75, 3.05) is 26.2 Å². The molecule has 120 valence electrons. The van der Waals surface area contributed by atoms with E-state index in [0.717, 1.165) is 0 Å². The van der Waals surface area contributed by atoms with E-state index in [9.17, 15) is 0 Å². The fourth-order valence-electron chi connectivity index (χ4n) is 5.15. The number of likely N-dealkylation sites (N-methyl/N-ethyl adjacent to an activating group) is 2. The fraction of sp³-hybridized carbons (Fsp3) is 0.684. The molecule has 0 aromatic carbocycles. The largest absolute Gasteiger partial charge is 0.343 e. The van der Waals surface area contributed by atoms with Gasteiger partial charge in [-0.25, -0.2) is 0 Å². The van der Waals surface area contributed by atoms with Gasteiger partial charge in [-0.2, -0.15) is 0 Å². The number of nitrogens with zero attached hydrogens (tertiary/aromatic N) is 3. The molecule has 0 radical (unpaired) electrons. The predicted octanol–water partition coefficient (Wildman–Crippen LogP) is 2.98. The second kappa shape index (κ2) is 5.54. The summed E-state index contributed by atoms with van der Waals surface area (Å²) in [5.74, 6) is 0. The van der Waals surface area contributed by atoms with Gasteiger partial charge in [0.05, 0.1) is 12.1 Å². The molecule has 1 saturated heterocycles. The Kier molecular flexibility index (Phi) is 3.66. The third-order valence-corrected chi connectivity index (χ3v) is 6.17. The van der Waals surface area contributed by atoms with E-state index in [1.54, 1.807) is 11.1 Å². The molecule has 1 unspecified atom stereocenters. The molecule has 0 N–H and O–H groups in total. The molecule has 0 saturated carbocycles. The molecule has 1 fully saturated rings. The van der Waals surface area contributed by atoms with Crippen molar-refractivity contribution >= 4 is 0 Å². The number of rotatable bonds is 2. The number of hydrogen-bond donors (Lipinski definition) is 0. The van der Waals surface area contributed by atoms with Crippen molar-refractivity contribution in [3.63, 3.8) is 0 Å². The maximum atomic E-state index is 2.74. The fourth-order valence-corrected chi connectivity index (χ4v) is 5.15. The summed E-state index contributed by atoms with van der Waals surface area (Å²) in [6.45, 7) is 11.8. The molecule has 4 rings (SSSR count). The van der Waals surface area contributed by atoms with Crippen molar-refractivity contribution in [1.82, 2.24) is 14.7 Å². The summed E-state index contributed by atoms with van der Waals surface area (Å²) < 4.78 is 0. The molecule has 0 aromatic heterocycles. The molecule has 3 aliphatic heterocycles. The standard InChI is InChI=1S/C19H29N3/c1-4-20-10-11-21(5-2)19-17-12-15-8-6-7-9-16(15)22(17)13-14(3)18(19)20/h7,9,13,17-19H,4-6,8,10-12H2,1-3H3/t17-,18?,19+/m0/s1. The predicted molar refractivity (Wildman–Crippen MR) is 91.5 cm³/mol. The van der Waals surface area contributed by atoms with E-state index < -0.39 is 0 Å². The van der Waals surface area contributed by atoms with Crippen LogP contribution < -0.4 is 0 Å². The zero-order valence-corrected chi connectivity index (χ0v) is 14.3. The van der Waals surface area contributed by atoms with Gasteiger partial charge < -0.3 is 4.90 Å². The third-order valence-electron chi connectivity index (χ3n) is 6.17. The molecule has 3 heterocycles. The van der Waals surface area contributed by atoms with E-state index in [1.807, 2.05) is 0 Å². The van der Waals surface area contributed by atoms with Crippen LogP contribution >= 0.6 is 0 Å². The zero-order valence-electron chi connectivity index (χ0n) is 14.3. The first kappa shape index (κ1) is 14.5. The van der Waals surface area contributed by atoms with Gasteiger partial charge in [-0.15, -0.1) is 0 Å². The van der Waals surface area contributed by atoms with Crippen LogP contribution in [0.25, 0.3) is 0 Å². The van der Waals surface area contributed by atoms with Crippen LogP contribution in [0.1, 0.15) is 40.0 Å². The second-order valence-electron chi connectivity index (χ2n) is 7.17. The third kappa shape index (κ3) is 2.02. The van der Waals surface area contributed by atoms with Crippen molar-refractivity contribution in [3.05, 3.63) is 35.2 Å². The Labute approximate surface area is 134 Å². The average molecular weight is 299 g/mol. The molecule has 3 atom stereocenters. The topological polar surface area (TPSA) is 9.72 Å². The lowest BCUT2D eigenvalue weighted by Crippen LogP contribution is -2.67. The van der Waals surface area contributed by atoms with Gasteiger partial charge in [0.2, 0.25) is 0 Å². The maximum Gasteiger partial charge on any atom is 0.0548 e. The van der Waals surface area contributed by atoms with Crippen molar-refractivity contribution in [2.24, 2.45) is 0 Å². The summed E-state index contributed by atoms with van der Waals surface area (Å²) in [6.07, 6.45) is 11.0. The maximum absolute atomic E-state index is 2.74. The molecule has 0 bridgehead atoms. The molecule has 3 heteroatoms. The number of allylic oxidation sites excluding steroid dienone is 2. The average Bonchev–Trinajstić information content (AvgIpc) is 2.92. The first-order valence-corrected chi connectivity index (χ1v) is 9.08. The highest BCUT2D eigenvalue weighted by Crippen LogP contribution is 2.43. The van der Waals surface area contributed by atoms with Gasteiger partial charge in [0.15, 0.2) is 0 Å². The van der Waals surface area contributed by atoms with Crippen LogP contribution in [0.4, 0.5) is 0 Å². The van der Waals surface area contributed by atoms with E-state index in [2.05, 4.69) is 53.8 Å². The Bertz CT molecular complexity index is 545. The van der Waals surface area contributed by atoms with Crippen LogP contribution in [0.2, 0.25) is 0 Å². The van der Waals surface area contributed by atoms with Gasteiger partial charge in [0, 0.05) is 31.0 Å². The Hall–Kier alpha value is -1.06. The molecule has 0 aromatic rings. The number of fused-ring (bicyclic) bond motifs is 4. The lowest BCUT2D eigenvalue weighted by molar-refractivity contribution is -0.000226. The van der Waals surface area contributed by atoms with Crippen LogP contribution in [0, 0.1) is 0 Å². The monoisotopic (exact) mass is 299 g/mol. The SMILES string of the molecule is CCN1CCN(CC)[C@H]2C1C(C)=CN1C3=C(CCC=C3)C[C@@H]21. The molecule has 3 nitrogen and oxygen atoms in total. The van der Waals surface area contributed by atoms with Gasteiger partial charge in [-0.3, -0.25) is 9.80 Å². The Morgan fingerprint density at radius 2 is 1.91 bits per heavy atom. The van der Waals surface area contributed by atoms with Gasteiger partial charge in [-0.05, 0) is 56.5 Å². The molecule has 4 aliphatic rings. The van der Waals surface area contributed by atoms with E-state index in [0.29, 0.717) is 18.1 Å². The van der Waals surface area contributed by atoms with Crippen LogP contribution in [0.15, 0.2) is 35.2 Å². The van der Waals surface area contributed by atoms with Gasteiger partial charge >= 0.3 is 0 Å². The first-order valence-electron chi connectivity index (χ1n) is 9.08. The Morgan fingerprint density at radius 1 is 1.14 bits per heavy atom. The molecule has 1 aliphatic carbocycles. The minimum absolute atomic E-state index is 0.616. The van der Waals surface area contributed by atoms with Gasteiger partial charge in [0.1, 0.15) is 0 Å². The summed E-state index contributed by atoms with van der Waals surface area (Å²) in [6, 6.07) is 1.92. The number of piperazine rings is 1. The first-order chi connectivity index (χ1) is 10.7. The summed E-state index contributed by atoms with van der Waals surface area (Å²) in [5, 5.41) is 0. The lowest BCUT2D eigenvalue weighted by atomic mass is 9.84. The zero-order chi connectivity index (χ0) is 15.3. The highest BCUT2D eigenvalue weighted by atomic mass is 15.4. The van der Waals surface area contributed by atoms with E-state index in [1.165, 1.54) is 51.1 Å². The van der Waals surface area contributed by atoms with Crippen LogP contribution in [0.3, 0.4) is 0 Å². The summed E-state index contributed by atoms with van der Waals surface area (Å²) in [5.41, 5.74) is 4.76. The Balaban J connectivity index is 1.73. The van der Waals surface area contributed by atoms with Gasteiger partial charge in [0.25, 0.3) is 0 Å². The highest BCUT2D eigenvalue weighted by molar-refractivity contribution is 5.40. The molecular weight excluding hydrogens is 270 g/mol. The van der Waals surface area contributed by atoms with E-state index in [4.69, 9.17) is 0 Å². The lowest BCUT2D eigenvalue weighted by Gasteiger charge is -2.54. The summed E-state index contributed by atoms with van der Waals surface area (Å²) >= 11 is 0. The van der Waals surface area contributed by atoms with Crippen molar-refractivity contribution in [3.8, 4) is 0 Å². The van der Waals surface area contributed by atoms with Crippen LogP contribution in [0.5, 0.6) is 0 Å². The van der Waals surface area contributed by atoms with Crippen LogP contribution in [-0.4, -0.2) is 59.0 Å². The quantitative estimate of drug-likeness (QED) is 0.776. The minimum Gasteiger partial charge on any atom is -0.343 e. The van der Waals surface area contributed by atoms with E-state index >= 15 is 0 Å². The molecule has 0 spiro atoms. The Morgan fingerprint density at radius 3 is 2.68 bits per heavy atom. The van der Waals surface area contributed by atoms with Crippen molar-refractivity contribution < 1.29 is 0 Å². The second-order valence-corrected chi connectivity index (χ2v) is 7.17. The number of hydrogen-bond acceptors (Lipinski definition) is 3. The normalized spacial score (nSPS) is 35.3. The molecular formula is C19H29N3. The van der Waals surface area contributed by atoms with Gasteiger partial charge in [-0.1, -0.05) is 19.9 Å².